The molecule has 2 aromatic rings. The van der Waals surface area contributed by atoms with E-state index in [1.165, 1.54) is 11.9 Å². The Balaban J connectivity index is 2.51. The van der Waals surface area contributed by atoms with Crippen molar-refractivity contribution in [3.63, 3.8) is 0 Å². The molecule has 0 spiro atoms. The molecule has 1 aromatic heterocycles. The van der Waals surface area contributed by atoms with Crippen LogP contribution in [0.25, 0.3) is 0 Å². The molecule has 0 fully saturated rings. The zero-order chi connectivity index (χ0) is 14.9. The van der Waals surface area contributed by atoms with Crippen molar-refractivity contribution in [2.24, 2.45) is 0 Å². The van der Waals surface area contributed by atoms with E-state index in [9.17, 15) is 13.2 Å². The van der Waals surface area contributed by atoms with Gasteiger partial charge in [-0.3, -0.25) is 0 Å². The summed E-state index contributed by atoms with van der Waals surface area (Å²) < 4.78 is 38.5. The smallest absolute Gasteiger partial charge is 0.314 e. The fraction of sp³-hybridized carbons (Fsp3) is 0.167. The molecule has 0 saturated carbocycles. The van der Waals surface area contributed by atoms with Gasteiger partial charge >= 0.3 is 6.18 Å². The van der Waals surface area contributed by atoms with Crippen LogP contribution in [-0.2, 0) is 6.18 Å². The summed E-state index contributed by atoms with van der Waals surface area (Å²) in [4.78, 5) is 8.61. The Bertz CT molecular complexity index is 617. The number of para-hydroxylation sites is 1. The van der Waals surface area contributed by atoms with Gasteiger partial charge in [0, 0.05) is 12.7 Å². The molecule has 2 rings (SSSR count). The quantitative estimate of drug-likeness (QED) is 0.759. The fourth-order valence-corrected chi connectivity index (χ4v) is 1.87. The van der Waals surface area contributed by atoms with Crippen LogP contribution in [0, 0.1) is 0 Å². The van der Waals surface area contributed by atoms with Gasteiger partial charge in [0.05, 0.1) is 0 Å². The number of rotatable bonds is 2. The summed E-state index contributed by atoms with van der Waals surface area (Å²) >= 11 is 11.2. The first-order valence-corrected chi connectivity index (χ1v) is 6.15. The maximum atomic E-state index is 12.8. The maximum absolute atomic E-state index is 12.8. The fourth-order valence-electron chi connectivity index (χ4n) is 1.51. The Morgan fingerprint density at radius 3 is 2.20 bits per heavy atom. The molecule has 1 aromatic carbocycles. The Labute approximate surface area is 123 Å². The lowest BCUT2D eigenvalue weighted by atomic mass is 10.3. The van der Waals surface area contributed by atoms with Gasteiger partial charge in [-0.1, -0.05) is 41.4 Å². The summed E-state index contributed by atoms with van der Waals surface area (Å²) in [5, 5.41) is -1.14. The van der Waals surface area contributed by atoms with Gasteiger partial charge < -0.3 is 4.90 Å². The Hall–Kier alpha value is -1.53. The zero-order valence-electron chi connectivity index (χ0n) is 10.1. The minimum absolute atomic E-state index is 0.182. The molecule has 0 radical (unpaired) electrons. The lowest BCUT2D eigenvalue weighted by molar-refractivity contribution is -0.141. The number of benzene rings is 1. The van der Waals surface area contributed by atoms with E-state index in [0.717, 1.165) is 0 Å². The lowest BCUT2D eigenvalue weighted by Crippen LogP contribution is -2.17. The van der Waals surface area contributed by atoms with Crippen LogP contribution in [0.5, 0.6) is 0 Å². The monoisotopic (exact) mass is 321 g/mol. The van der Waals surface area contributed by atoms with Crippen molar-refractivity contribution in [1.29, 1.82) is 0 Å². The molecule has 8 heteroatoms. The standard InChI is InChI=1S/C12H8Cl2F3N3/c1-20(7-5-3-2-4-6-7)11-18-9(12(15,16)17)8(13)10(14)19-11/h2-6H,1H3. The average Bonchev–Trinajstić information content (AvgIpc) is 2.40. The third kappa shape index (κ3) is 2.96. The highest BCUT2D eigenvalue weighted by Crippen LogP contribution is 2.37. The number of hydrogen-bond acceptors (Lipinski definition) is 3. The van der Waals surface area contributed by atoms with E-state index >= 15 is 0 Å². The van der Waals surface area contributed by atoms with Crippen LogP contribution in [0.3, 0.4) is 0 Å². The molecule has 3 nitrogen and oxygen atoms in total. The van der Waals surface area contributed by atoms with E-state index in [-0.39, 0.29) is 5.95 Å². The van der Waals surface area contributed by atoms with Crippen LogP contribution < -0.4 is 4.90 Å². The second kappa shape index (κ2) is 5.46. The highest BCUT2D eigenvalue weighted by molar-refractivity contribution is 6.41. The molecule has 20 heavy (non-hydrogen) atoms. The van der Waals surface area contributed by atoms with Crippen molar-refractivity contribution in [2.75, 3.05) is 11.9 Å². The molecule has 0 atom stereocenters. The van der Waals surface area contributed by atoms with Crippen LogP contribution in [-0.4, -0.2) is 17.0 Å². The average molecular weight is 322 g/mol. The van der Waals surface area contributed by atoms with Gasteiger partial charge in [-0.2, -0.15) is 18.2 Å². The van der Waals surface area contributed by atoms with Gasteiger partial charge in [-0.05, 0) is 12.1 Å². The first kappa shape index (κ1) is 14.9. The lowest BCUT2D eigenvalue weighted by Gasteiger charge is -2.19. The van der Waals surface area contributed by atoms with E-state index in [1.54, 1.807) is 30.3 Å². The zero-order valence-corrected chi connectivity index (χ0v) is 11.6. The van der Waals surface area contributed by atoms with Crippen molar-refractivity contribution >= 4 is 34.8 Å². The van der Waals surface area contributed by atoms with E-state index in [0.29, 0.717) is 5.69 Å². The first-order chi connectivity index (χ1) is 9.30. The highest BCUT2D eigenvalue weighted by atomic mass is 35.5. The van der Waals surface area contributed by atoms with Gasteiger partial charge in [0.15, 0.2) is 10.8 Å². The third-order valence-electron chi connectivity index (χ3n) is 2.51. The van der Waals surface area contributed by atoms with Crippen molar-refractivity contribution in [3.8, 4) is 0 Å². The molecule has 0 N–H and O–H groups in total. The summed E-state index contributed by atoms with van der Waals surface area (Å²) in [5.74, 6) is -0.182. The third-order valence-corrected chi connectivity index (χ3v) is 3.24. The van der Waals surface area contributed by atoms with E-state index in [4.69, 9.17) is 23.2 Å². The molecule has 0 aliphatic rings. The number of nitrogens with zero attached hydrogens (tertiary/aromatic N) is 3. The number of aromatic nitrogens is 2. The highest BCUT2D eigenvalue weighted by Gasteiger charge is 2.37. The molecular formula is C12H8Cl2F3N3. The van der Waals surface area contributed by atoms with Gasteiger partial charge in [0.2, 0.25) is 5.95 Å². The van der Waals surface area contributed by atoms with E-state index in [2.05, 4.69) is 9.97 Å². The van der Waals surface area contributed by atoms with E-state index in [1.807, 2.05) is 0 Å². The summed E-state index contributed by atoms with van der Waals surface area (Å²) in [5.41, 5.74) is -0.629. The van der Waals surface area contributed by atoms with Crippen molar-refractivity contribution in [3.05, 3.63) is 46.2 Å². The topological polar surface area (TPSA) is 29.0 Å². The maximum Gasteiger partial charge on any atom is 0.435 e. The number of alkyl halides is 3. The van der Waals surface area contributed by atoms with Crippen LogP contribution in [0.4, 0.5) is 24.8 Å². The molecule has 106 valence electrons. The summed E-state index contributed by atoms with van der Waals surface area (Å²) in [6.07, 6.45) is -4.70. The van der Waals surface area contributed by atoms with Crippen LogP contribution in [0.15, 0.2) is 30.3 Å². The minimum atomic E-state index is -4.70. The van der Waals surface area contributed by atoms with Crippen LogP contribution in [0.1, 0.15) is 5.69 Å². The second-order valence-electron chi connectivity index (χ2n) is 3.87. The molecule has 0 amide bonds. The molecule has 0 bridgehead atoms. The van der Waals surface area contributed by atoms with Crippen LogP contribution in [0.2, 0.25) is 10.2 Å². The predicted octanol–water partition coefficient (Wildman–Crippen LogP) is 4.57. The predicted molar refractivity (Wildman–Crippen MR) is 71.6 cm³/mol. The number of halogens is 5. The minimum Gasteiger partial charge on any atom is -0.314 e. The van der Waals surface area contributed by atoms with E-state index < -0.39 is 22.0 Å². The van der Waals surface area contributed by atoms with Crippen molar-refractivity contribution < 1.29 is 13.2 Å². The molecular weight excluding hydrogens is 314 g/mol. The number of anilines is 2. The molecule has 1 heterocycles. The Kier molecular flexibility index (Phi) is 4.06. The molecule has 0 unspecified atom stereocenters. The molecule has 0 saturated heterocycles. The summed E-state index contributed by atoms with van der Waals surface area (Å²) in [6.45, 7) is 0. The second-order valence-corrected chi connectivity index (χ2v) is 4.61. The SMILES string of the molecule is CN(c1ccccc1)c1nc(Cl)c(Cl)c(C(F)(F)F)n1. The summed E-state index contributed by atoms with van der Waals surface area (Å²) in [7, 11) is 1.54. The van der Waals surface area contributed by atoms with Gasteiger partial charge in [0.25, 0.3) is 0 Å². The van der Waals surface area contributed by atoms with Crippen molar-refractivity contribution in [2.45, 2.75) is 6.18 Å². The Morgan fingerprint density at radius 2 is 1.65 bits per heavy atom. The largest absolute Gasteiger partial charge is 0.435 e. The van der Waals surface area contributed by atoms with Crippen molar-refractivity contribution in [1.82, 2.24) is 9.97 Å². The van der Waals surface area contributed by atoms with Gasteiger partial charge in [0.1, 0.15) is 5.02 Å². The molecule has 0 aliphatic carbocycles. The number of hydrogen-bond donors (Lipinski definition) is 0. The van der Waals surface area contributed by atoms with Gasteiger partial charge in [-0.15, -0.1) is 0 Å². The van der Waals surface area contributed by atoms with Gasteiger partial charge in [-0.25, -0.2) is 4.98 Å². The first-order valence-electron chi connectivity index (χ1n) is 5.39. The molecule has 0 aliphatic heterocycles. The summed E-state index contributed by atoms with van der Waals surface area (Å²) in [6, 6.07) is 8.69. The normalized spacial score (nSPS) is 11.5. The Morgan fingerprint density at radius 1 is 1.05 bits per heavy atom. The van der Waals surface area contributed by atoms with Crippen LogP contribution >= 0.6 is 23.2 Å².